The molecule has 5 heteroatoms. The first kappa shape index (κ1) is 14.1. The second-order valence-corrected chi connectivity index (χ2v) is 5.62. The lowest BCUT2D eigenvalue weighted by molar-refractivity contribution is 0.296. The molecule has 0 saturated carbocycles. The molecule has 0 unspecified atom stereocenters. The van der Waals surface area contributed by atoms with Crippen LogP contribution < -0.4 is 0 Å². The van der Waals surface area contributed by atoms with Gasteiger partial charge in [0.2, 0.25) is 5.89 Å². The van der Waals surface area contributed by atoms with Gasteiger partial charge in [0.15, 0.2) is 0 Å². The summed E-state index contributed by atoms with van der Waals surface area (Å²) in [6, 6.07) is 8.18. The Bertz CT molecular complexity index is 508. The summed E-state index contributed by atoms with van der Waals surface area (Å²) < 4.78 is 5.58. The molecule has 0 amide bonds. The highest BCUT2D eigenvalue weighted by Gasteiger charge is 2.09. The van der Waals surface area contributed by atoms with Gasteiger partial charge < -0.3 is 9.52 Å². The van der Waals surface area contributed by atoms with Gasteiger partial charge in [-0.25, -0.2) is 0 Å². The molecule has 1 aromatic heterocycles. The predicted octanol–water partition coefficient (Wildman–Crippen LogP) is 3.33. The Morgan fingerprint density at radius 1 is 1.21 bits per heavy atom. The zero-order valence-corrected chi connectivity index (χ0v) is 12.0. The average molecular weight is 278 g/mol. The van der Waals surface area contributed by atoms with Gasteiger partial charge in [0, 0.05) is 17.9 Å². The molecule has 0 radical (unpaired) electrons. The van der Waals surface area contributed by atoms with Crippen molar-refractivity contribution < 1.29 is 9.52 Å². The monoisotopic (exact) mass is 278 g/mol. The van der Waals surface area contributed by atoms with Crippen LogP contribution in [0.2, 0.25) is 0 Å². The molecule has 2 aromatic rings. The summed E-state index contributed by atoms with van der Waals surface area (Å²) in [4.78, 5) is 0. The number of aromatic nitrogens is 2. The Morgan fingerprint density at radius 2 is 1.95 bits per heavy atom. The third-order valence-corrected chi connectivity index (χ3v) is 3.66. The van der Waals surface area contributed by atoms with E-state index in [4.69, 9.17) is 9.52 Å². The Balaban J connectivity index is 2.05. The highest BCUT2D eigenvalue weighted by Crippen LogP contribution is 2.25. The molecule has 19 heavy (non-hydrogen) atoms. The van der Waals surface area contributed by atoms with Crippen LogP contribution in [-0.4, -0.2) is 27.7 Å². The highest BCUT2D eigenvalue weighted by molar-refractivity contribution is 7.99. The molecule has 4 nitrogen and oxygen atoms in total. The number of thioether (sulfide) groups is 1. The molecule has 1 heterocycles. The number of aliphatic hydroxyl groups is 1. The van der Waals surface area contributed by atoms with Crippen LogP contribution in [0.5, 0.6) is 0 Å². The van der Waals surface area contributed by atoms with E-state index in [0.29, 0.717) is 17.0 Å². The molecule has 2 rings (SSSR count). The van der Waals surface area contributed by atoms with E-state index in [2.05, 4.69) is 36.2 Å². The quantitative estimate of drug-likeness (QED) is 0.648. The van der Waals surface area contributed by atoms with E-state index >= 15 is 0 Å². The number of benzene rings is 1. The van der Waals surface area contributed by atoms with Crippen molar-refractivity contribution >= 4 is 11.8 Å². The van der Waals surface area contributed by atoms with Crippen molar-refractivity contribution in [3.05, 3.63) is 29.8 Å². The number of aliphatic hydroxyl groups excluding tert-OH is 1. The van der Waals surface area contributed by atoms with Gasteiger partial charge in [0.25, 0.3) is 5.22 Å². The predicted molar refractivity (Wildman–Crippen MR) is 76.2 cm³/mol. The summed E-state index contributed by atoms with van der Waals surface area (Å²) in [5.74, 6) is 1.84. The Kier molecular flexibility index (Phi) is 4.99. The maximum atomic E-state index is 8.72. The number of hydrogen-bond acceptors (Lipinski definition) is 5. The van der Waals surface area contributed by atoms with Crippen molar-refractivity contribution in [1.29, 1.82) is 0 Å². The van der Waals surface area contributed by atoms with Crippen LogP contribution in [0.15, 0.2) is 33.9 Å². The van der Waals surface area contributed by atoms with Crippen molar-refractivity contribution in [3.8, 4) is 11.5 Å². The molecule has 1 N–H and O–H groups in total. The van der Waals surface area contributed by atoms with Gasteiger partial charge in [0.1, 0.15) is 0 Å². The van der Waals surface area contributed by atoms with Crippen LogP contribution in [0.4, 0.5) is 0 Å². The van der Waals surface area contributed by atoms with Crippen LogP contribution in [0.3, 0.4) is 0 Å². The third kappa shape index (κ3) is 3.81. The lowest BCUT2D eigenvalue weighted by atomic mass is 10.0. The van der Waals surface area contributed by atoms with Gasteiger partial charge in [0.05, 0.1) is 0 Å². The fraction of sp³-hybridized carbons (Fsp3) is 0.429. The molecule has 0 atom stereocenters. The van der Waals surface area contributed by atoms with E-state index < -0.39 is 0 Å². The summed E-state index contributed by atoms with van der Waals surface area (Å²) >= 11 is 1.47. The van der Waals surface area contributed by atoms with Crippen molar-refractivity contribution in [1.82, 2.24) is 10.2 Å². The molecule has 0 aliphatic heterocycles. The molecule has 0 fully saturated rings. The van der Waals surface area contributed by atoms with Gasteiger partial charge in [-0.15, -0.1) is 10.2 Å². The van der Waals surface area contributed by atoms with E-state index in [-0.39, 0.29) is 6.61 Å². The smallest absolute Gasteiger partial charge is 0.276 e. The van der Waals surface area contributed by atoms with E-state index in [0.717, 1.165) is 17.7 Å². The van der Waals surface area contributed by atoms with Crippen molar-refractivity contribution in [2.75, 3.05) is 12.4 Å². The minimum atomic E-state index is 0.185. The summed E-state index contributed by atoms with van der Waals surface area (Å²) in [6.07, 6.45) is 0.728. The van der Waals surface area contributed by atoms with E-state index in [1.165, 1.54) is 17.3 Å². The molecule has 102 valence electrons. The first-order chi connectivity index (χ1) is 9.20. The Labute approximate surface area is 117 Å². The SMILES string of the molecule is CC(C)c1ccc(-c2nnc(SCCCO)o2)cc1. The highest BCUT2D eigenvalue weighted by atomic mass is 32.2. The van der Waals surface area contributed by atoms with E-state index in [9.17, 15) is 0 Å². The van der Waals surface area contributed by atoms with Gasteiger partial charge in [-0.1, -0.05) is 37.7 Å². The van der Waals surface area contributed by atoms with E-state index in [1.54, 1.807) is 0 Å². The fourth-order valence-corrected chi connectivity index (χ4v) is 2.30. The summed E-state index contributed by atoms with van der Waals surface area (Å²) in [5, 5.41) is 17.3. The molecule has 1 aromatic carbocycles. The third-order valence-electron chi connectivity index (χ3n) is 2.76. The zero-order valence-electron chi connectivity index (χ0n) is 11.2. The van der Waals surface area contributed by atoms with Crippen molar-refractivity contribution in [2.24, 2.45) is 0 Å². The Hall–Kier alpha value is -1.33. The molecular weight excluding hydrogens is 260 g/mol. The van der Waals surface area contributed by atoms with Gasteiger partial charge in [-0.2, -0.15) is 0 Å². The van der Waals surface area contributed by atoms with Gasteiger partial charge in [-0.3, -0.25) is 0 Å². The van der Waals surface area contributed by atoms with Crippen molar-refractivity contribution in [3.63, 3.8) is 0 Å². The van der Waals surface area contributed by atoms with Crippen LogP contribution in [0.1, 0.15) is 31.7 Å². The number of rotatable bonds is 6. The average Bonchev–Trinajstić information content (AvgIpc) is 2.88. The Morgan fingerprint density at radius 3 is 2.58 bits per heavy atom. The van der Waals surface area contributed by atoms with Crippen LogP contribution >= 0.6 is 11.8 Å². The molecule has 0 saturated heterocycles. The molecule has 0 bridgehead atoms. The van der Waals surface area contributed by atoms with Crippen LogP contribution in [0, 0.1) is 0 Å². The lowest BCUT2D eigenvalue weighted by Gasteiger charge is -2.04. The topological polar surface area (TPSA) is 59.2 Å². The summed E-state index contributed by atoms with van der Waals surface area (Å²) in [5.41, 5.74) is 2.23. The standard InChI is InChI=1S/C14H18N2O2S/c1-10(2)11-4-6-12(7-5-11)13-15-16-14(18-13)19-9-3-8-17/h4-7,10,17H,3,8-9H2,1-2H3. The minimum absolute atomic E-state index is 0.185. The second-order valence-electron chi connectivity index (χ2n) is 4.58. The summed E-state index contributed by atoms with van der Waals surface area (Å²) in [6.45, 7) is 4.51. The first-order valence-corrected chi connectivity index (χ1v) is 7.36. The zero-order chi connectivity index (χ0) is 13.7. The van der Waals surface area contributed by atoms with Crippen LogP contribution in [0.25, 0.3) is 11.5 Å². The minimum Gasteiger partial charge on any atom is -0.411 e. The first-order valence-electron chi connectivity index (χ1n) is 6.38. The normalized spacial score (nSPS) is 11.2. The summed E-state index contributed by atoms with van der Waals surface area (Å²) in [7, 11) is 0. The van der Waals surface area contributed by atoms with Crippen molar-refractivity contribution in [2.45, 2.75) is 31.4 Å². The maximum absolute atomic E-state index is 8.72. The molecular formula is C14H18N2O2S. The lowest BCUT2D eigenvalue weighted by Crippen LogP contribution is -1.86. The van der Waals surface area contributed by atoms with Gasteiger partial charge >= 0.3 is 0 Å². The molecule has 0 aliphatic carbocycles. The molecule has 0 aliphatic rings. The van der Waals surface area contributed by atoms with Gasteiger partial charge in [-0.05, 0) is 30.0 Å². The van der Waals surface area contributed by atoms with E-state index in [1.807, 2.05) is 12.1 Å². The van der Waals surface area contributed by atoms with Crippen LogP contribution in [-0.2, 0) is 0 Å². The number of hydrogen-bond donors (Lipinski definition) is 1. The molecule has 0 spiro atoms. The largest absolute Gasteiger partial charge is 0.411 e. The maximum Gasteiger partial charge on any atom is 0.276 e. The number of nitrogens with zero attached hydrogens (tertiary/aromatic N) is 2. The second kappa shape index (κ2) is 6.73. The fourth-order valence-electron chi connectivity index (χ4n) is 1.62.